The Balaban J connectivity index is 1.89. The van der Waals surface area contributed by atoms with Crippen molar-refractivity contribution < 1.29 is 8.42 Å². The van der Waals surface area contributed by atoms with Gasteiger partial charge in [-0.05, 0) is 50.9 Å². The topological polar surface area (TPSA) is 40.6 Å². The van der Waals surface area contributed by atoms with E-state index < -0.39 is 9.84 Å². The minimum absolute atomic E-state index is 0.299. The van der Waals surface area contributed by atoms with E-state index >= 15 is 0 Å². The van der Waals surface area contributed by atoms with Crippen LogP contribution in [0, 0.1) is 0 Å². The molecule has 0 saturated carbocycles. The first-order valence-electron chi connectivity index (χ1n) is 9.16. The Morgan fingerprint density at radius 2 is 1.96 bits per heavy atom. The number of nitrogens with zero attached hydrogens (tertiary/aromatic N) is 2. The number of rotatable bonds is 9. The van der Waals surface area contributed by atoms with E-state index in [1.807, 2.05) is 0 Å². The number of benzene rings is 1. The fraction of sp³-hybridized carbons (Fsp3) is 0.684. The summed E-state index contributed by atoms with van der Waals surface area (Å²) in [7, 11) is -2.85. The Morgan fingerprint density at radius 3 is 2.62 bits per heavy atom. The quantitative estimate of drug-likeness (QED) is 0.685. The number of likely N-dealkylation sites (tertiary alicyclic amines) is 1. The van der Waals surface area contributed by atoms with E-state index in [1.54, 1.807) is 0 Å². The molecule has 0 aliphatic carbocycles. The van der Waals surface area contributed by atoms with Gasteiger partial charge in [-0.15, -0.1) is 0 Å². The average Bonchev–Trinajstić information content (AvgIpc) is 2.54. The summed E-state index contributed by atoms with van der Waals surface area (Å²) in [6, 6.07) is 11.2. The van der Waals surface area contributed by atoms with Crippen molar-refractivity contribution in [3.05, 3.63) is 35.9 Å². The fourth-order valence-corrected chi connectivity index (χ4v) is 4.26. The fourth-order valence-electron chi connectivity index (χ4n) is 3.61. The monoisotopic (exact) mass is 352 g/mol. The highest BCUT2D eigenvalue weighted by molar-refractivity contribution is 7.90. The van der Waals surface area contributed by atoms with Gasteiger partial charge in [0.1, 0.15) is 9.84 Å². The van der Waals surface area contributed by atoms with E-state index in [-0.39, 0.29) is 0 Å². The molecule has 136 valence electrons. The third-order valence-corrected chi connectivity index (χ3v) is 5.75. The standard InChI is InChI=1S/C19H32N2O2S/c1-3-12-21(14-8-15-24(2,22)23)19-11-7-13-20(17-19)16-18-9-5-4-6-10-18/h4-6,9-10,19H,3,7-8,11-17H2,1-2H3. The Kier molecular flexibility index (Phi) is 7.72. The van der Waals surface area contributed by atoms with Crippen LogP contribution in [-0.2, 0) is 16.4 Å². The Hall–Kier alpha value is -0.910. The van der Waals surface area contributed by atoms with Crippen LogP contribution in [0.1, 0.15) is 38.2 Å². The van der Waals surface area contributed by atoms with Crippen molar-refractivity contribution in [3.63, 3.8) is 0 Å². The number of piperidine rings is 1. The van der Waals surface area contributed by atoms with Crippen molar-refractivity contribution in [2.75, 3.05) is 38.2 Å². The molecule has 0 amide bonds. The summed E-state index contributed by atoms with van der Waals surface area (Å²) >= 11 is 0. The van der Waals surface area contributed by atoms with Gasteiger partial charge in [-0.1, -0.05) is 37.3 Å². The second-order valence-corrected chi connectivity index (χ2v) is 9.30. The summed E-state index contributed by atoms with van der Waals surface area (Å²) in [5.41, 5.74) is 1.37. The van der Waals surface area contributed by atoms with Gasteiger partial charge < -0.3 is 0 Å². The van der Waals surface area contributed by atoms with E-state index in [1.165, 1.54) is 24.7 Å². The van der Waals surface area contributed by atoms with Crippen LogP contribution < -0.4 is 0 Å². The smallest absolute Gasteiger partial charge is 0.147 e. The van der Waals surface area contributed by atoms with Crippen LogP contribution in [0.2, 0.25) is 0 Å². The summed E-state index contributed by atoms with van der Waals surface area (Å²) in [5, 5.41) is 0. The molecule has 1 heterocycles. The maximum atomic E-state index is 11.4. The van der Waals surface area contributed by atoms with E-state index in [9.17, 15) is 8.42 Å². The predicted molar refractivity (Wildman–Crippen MR) is 101 cm³/mol. The van der Waals surface area contributed by atoms with Crippen LogP contribution in [0.4, 0.5) is 0 Å². The summed E-state index contributed by atoms with van der Waals surface area (Å²) in [6.07, 6.45) is 5.65. The molecular formula is C19H32N2O2S. The average molecular weight is 353 g/mol. The van der Waals surface area contributed by atoms with Gasteiger partial charge in [0.15, 0.2) is 0 Å². The van der Waals surface area contributed by atoms with Crippen molar-refractivity contribution in [2.45, 2.75) is 45.2 Å². The minimum atomic E-state index is -2.85. The van der Waals surface area contributed by atoms with Gasteiger partial charge in [-0.2, -0.15) is 0 Å². The van der Waals surface area contributed by atoms with Crippen LogP contribution in [0.3, 0.4) is 0 Å². The van der Waals surface area contributed by atoms with Gasteiger partial charge in [0.2, 0.25) is 0 Å². The highest BCUT2D eigenvalue weighted by atomic mass is 32.2. The maximum Gasteiger partial charge on any atom is 0.147 e. The van der Waals surface area contributed by atoms with Gasteiger partial charge in [0.25, 0.3) is 0 Å². The molecule has 1 unspecified atom stereocenters. The van der Waals surface area contributed by atoms with Crippen molar-refractivity contribution in [1.82, 2.24) is 9.80 Å². The van der Waals surface area contributed by atoms with Crippen LogP contribution in [0.15, 0.2) is 30.3 Å². The molecule has 24 heavy (non-hydrogen) atoms. The number of hydrogen-bond acceptors (Lipinski definition) is 4. The second kappa shape index (κ2) is 9.54. The first kappa shape index (κ1) is 19.4. The largest absolute Gasteiger partial charge is 0.299 e. The Morgan fingerprint density at radius 1 is 1.21 bits per heavy atom. The lowest BCUT2D eigenvalue weighted by molar-refractivity contribution is 0.0930. The first-order valence-corrected chi connectivity index (χ1v) is 11.2. The second-order valence-electron chi connectivity index (χ2n) is 7.04. The lowest BCUT2D eigenvalue weighted by Gasteiger charge is -2.39. The molecule has 0 radical (unpaired) electrons. The predicted octanol–water partition coefficient (Wildman–Crippen LogP) is 2.80. The molecule has 4 nitrogen and oxygen atoms in total. The first-order chi connectivity index (χ1) is 11.5. The van der Waals surface area contributed by atoms with Crippen LogP contribution in [0.5, 0.6) is 0 Å². The molecule has 1 atom stereocenters. The van der Waals surface area contributed by atoms with Crippen molar-refractivity contribution in [3.8, 4) is 0 Å². The van der Waals surface area contributed by atoms with Crippen molar-refractivity contribution >= 4 is 9.84 Å². The number of sulfone groups is 1. The highest BCUT2D eigenvalue weighted by Gasteiger charge is 2.24. The Bertz CT molecular complexity index is 574. The molecule has 1 fully saturated rings. The normalized spacial score (nSPS) is 19.7. The number of hydrogen-bond donors (Lipinski definition) is 0. The molecule has 2 rings (SSSR count). The van der Waals surface area contributed by atoms with Crippen LogP contribution in [0.25, 0.3) is 0 Å². The van der Waals surface area contributed by atoms with Gasteiger partial charge in [0.05, 0.1) is 5.75 Å². The SMILES string of the molecule is CCCN(CCCS(C)(=O)=O)C1CCCN(Cc2ccccc2)C1. The van der Waals surface area contributed by atoms with E-state index in [2.05, 4.69) is 47.1 Å². The zero-order chi connectivity index (χ0) is 17.4. The van der Waals surface area contributed by atoms with E-state index in [0.717, 1.165) is 45.6 Å². The molecule has 1 aliphatic heterocycles. The minimum Gasteiger partial charge on any atom is -0.299 e. The molecule has 0 aromatic heterocycles. The molecule has 0 spiro atoms. The molecular weight excluding hydrogens is 320 g/mol. The van der Waals surface area contributed by atoms with Crippen molar-refractivity contribution in [2.24, 2.45) is 0 Å². The zero-order valence-electron chi connectivity index (χ0n) is 15.2. The lowest BCUT2D eigenvalue weighted by Crippen LogP contribution is -2.48. The van der Waals surface area contributed by atoms with E-state index in [0.29, 0.717) is 11.8 Å². The third-order valence-electron chi connectivity index (χ3n) is 4.72. The van der Waals surface area contributed by atoms with Crippen molar-refractivity contribution in [1.29, 1.82) is 0 Å². The molecule has 1 saturated heterocycles. The molecule has 1 aromatic carbocycles. The van der Waals surface area contributed by atoms with E-state index in [4.69, 9.17) is 0 Å². The lowest BCUT2D eigenvalue weighted by atomic mass is 10.0. The maximum absolute atomic E-state index is 11.4. The summed E-state index contributed by atoms with van der Waals surface area (Å²) in [4.78, 5) is 5.06. The van der Waals surface area contributed by atoms with Gasteiger partial charge >= 0.3 is 0 Å². The highest BCUT2D eigenvalue weighted by Crippen LogP contribution is 2.19. The third kappa shape index (κ3) is 6.91. The van der Waals surface area contributed by atoms with Crippen LogP contribution in [-0.4, -0.2) is 62.4 Å². The van der Waals surface area contributed by atoms with Gasteiger partial charge in [-0.25, -0.2) is 8.42 Å². The summed E-state index contributed by atoms with van der Waals surface area (Å²) in [5.74, 6) is 0.299. The zero-order valence-corrected chi connectivity index (χ0v) is 16.0. The molecule has 1 aromatic rings. The van der Waals surface area contributed by atoms with Crippen LogP contribution >= 0.6 is 0 Å². The van der Waals surface area contributed by atoms with Gasteiger partial charge in [-0.3, -0.25) is 9.80 Å². The molecule has 0 bridgehead atoms. The summed E-state index contributed by atoms with van der Waals surface area (Å²) in [6.45, 7) is 7.43. The molecule has 1 aliphatic rings. The molecule has 0 N–H and O–H groups in total. The Labute approximate surface area is 147 Å². The molecule has 5 heteroatoms. The van der Waals surface area contributed by atoms with Gasteiger partial charge in [0, 0.05) is 25.4 Å². The summed E-state index contributed by atoms with van der Waals surface area (Å²) < 4.78 is 22.8.